The zero-order valence-corrected chi connectivity index (χ0v) is 12.7. The van der Waals surface area contributed by atoms with Gasteiger partial charge in [0.2, 0.25) is 0 Å². The zero-order valence-electron chi connectivity index (χ0n) is 12.0. The van der Waals surface area contributed by atoms with Crippen LogP contribution in [0.3, 0.4) is 0 Å². The van der Waals surface area contributed by atoms with Crippen molar-refractivity contribution in [2.75, 3.05) is 0 Å². The van der Waals surface area contributed by atoms with Gasteiger partial charge in [0.15, 0.2) is 0 Å². The first kappa shape index (κ1) is 14.2. The minimum absolute atomic E-state index is 0.000419. The van der Waals surface area contributed by atoms with Crippen LogP contribution in [0.5, 0.6) is 0 Å². The van der Waals surface area contributed by atoms with Gasteiger partial charge in [-0.05, 0) is 36.5 Å². The third kappa shape index (κ3) is 2.71. The predicted octanol–water partition coefficient (Wildman–Crippen LogP) is 3.59. The van der Waals surface area contributed by atoms with Crippen molar-refractivity contribution in [2.45, 2.75) is 32.1 Å². The van der Waals surface area contributed by atoms with Crippen LogP contribution in [-0.4, -0.2) is 9.13 Å². The quantitative estimate of drug-likeness (QED) is 0.786. The van der Waals surface area contributed by atoms with Gasteiger partial charge in [-0.1, -0.05) is 19.9 Å². The second-order valence-electron chi connectivity index (χ2n) is 5.59. The van der Waals surface area contributed by atoms with E-state index in [0.29, 0.717) is 5.92 Å². The molecule has 3 nitrogen and oxygen atoms in total. The summed E-state index contributed by atoms with van der Waals surface area (Å²) in [5.74, 6) is 0.658. The van der Waals surface area contributed by atoms with Crippen LogP contribution < -0.4 is 5.69 Å². The SMILES string of the molecule is CC(C)CCC(Cl)c1ccc2c(c1)n(C)c(=O)n2C. The summed E-state index contributed by atoms with van der Waals surface area (Å²) in [5.41, 5.74) is 2.99. The van der Waals surface area contributed by atoms with E-state index in [1.807, 2.05) is 18.2 Å². The van der Waals surface area contributed by atoms with Gasteiger partial charge in [0.1, 0.15) is 0 Å². The Hall–Kier alpha value is -1.22. The Bertz CT molecular complexity index is 639. The van der Waals surface area contributed by atoms with Gasteiger partial charge in [-0.3, -0.25) is 9.13 Å². The van der Waals surface area contributed by atoms with Crippen molar-refractivity contribution in [1.29, 1.82) is 0 Å². The molecule has 0 spiro atoms. The Morgan fingerprint density at radius 2 is 1.74 bits per heavy atom. The average molecular weight is 281 g/mol. The van der Waals surface area contributed by atoms with Gasteiger partial charge < -0.3 is 0 Å². The highest BCUT2D eigenvalue weighted by Crippen LogP contribution is 2.29. The van der Waals surface area contributed by atoms with E-state index in [1.165, 1.54) is 0 Å². The molecule has 0 aliphatic rings. The minimum atomic E-state index is 0.000419. The largest absolute Gasteiger partial charge is 0.328 e. The molecule has 0 radical (unpaired) electrons. The molecule has 0 saturated heterocycles. The normalized spacial score (nSPS) is 13.4. The molecule has 0 aliphatic heterocycles. The van der Waals surface area contributed by atoms with Crippen LogP contribution in [0.15, 0.2) is 23.0 Å². The first-order valence-electron chi connectivity index (χ1n) is 6.71. The predicted molar refractivity (Wildman–Crippen MR) is 80.8 cm³/mol. The van der Waals surface area contributed by atoms with E-state index in [9.17, 15) is 4.79 Å². The van der Waals surface area contributed by atoms with Crippen molar-refractivity contribution in [3.8, 4) is 0 Å². The Kier molecular flexibility index (Phi) is 4.04. The summed E-state index contributed by atoms with van der Waals surface area (Å²) in [6.45, 7) is 4.40. The molecular weight excluding hydrogens is 260 g/mol. The van der Waals surface area contributed by atoms with E-state index in [-0.39, 0.29) is 11.1 Å². The van der Waals surface area contributed by atoms with Crippen molar-refractivity contribution in [3.05, 3.63) is 34.2 Å². The molecule has 0 aliphatic carbocycles. The Labute approximate surface area is 118 Å². The molecule has 0 amide bonds. The standard InChI is InChI=1S/C15H21ClN2O/c1-10(2)5-7-12(16)11-6-8-13-14(9-11)18(4)15(19)17(13)3/h6,8-10,12H,5,7H2,1-4H3. The lowest BCUT2D eigenvalue weighted by molar-refractivity contribution is 0.549. The second kappa shape index (κ2) is 5.41. The molecular formula is C15H21ClN2O. The van der Waals surface area contributed by atoms with E-state index in [4.69, 9.17) is 11.6 Å². The first-order valence-corrected chi connectivity index (χ1v) is 7.15. The number of halogens is 1. The van der Waals surface area contributed by atoms with Crippen LogP contribution in [0.2, 0.25) is 0 Å². The van der Waals surface area contributed by atoms with E-state index < -0.39 is 0 Å². The molecule has 1 heterocycles. The van der Waals surface area contributed by atoms with Crippen LogP contribution in [0, 0.1) is 5.92 Å². The van der Waals surface area contributed by atoms with Gasteiger partial charge in [0.25, 0.3) is 0 Å². The molecule has 1 aromatic carbocycles. The average Bonchev–Trinajstić information content (AvgIpc) is 2.61. The molecule has 0 fully saturated rings. The van der Waals surface area contributed by atoms with Gasteiger partial charge in [-0.25, -0.2) is 4.79 Å². The number of aromatic nitrogens is 2. The van der Waals surface area contributed by atoms with Crippen LogP contribution in [0.1, 0.15) is 37.6 Å². The van der Waals surface area contributed by atoms with Crippen LogP contribution >= 0.6 is 11.6 Å². The Morgan fingerprint density at radius 3 is 2.37 bits per heavy atom. The van der Waals surface area contributed by atoms with Crippen LogP contribution in [-0.2, 0) is 14.1 Å². The number of benzene rings is 1. The third-order valence-corrected chi connectivity index (χ3v) is 4.13. The van der Waals surface area contributed by atoms with Crippen molar-refractivity contribution in [1.82, 2.24) is 9.13 Å². The van der Waals surface area contributed by atoms with Crippen LogP contribution in [0.4, 0.5) is 0 Å². The Balaban J connectivity index is 2.36. The van der Waals surface area contributed by atoms with Gasteiger partial charge >= 0.3 is 5.69 Å². The third-order valence-electron chi connectivity index (χ3n) is 3.66. The monoisotopic (exact) mass is 280 g/mol. The maximum Gasteiger partial charge on any atom is 0.328 e. The molecule has 0 bridgehead atoms. The molecule has 2 aromatic rings. The maximum absolute atomic E-state index is 11.9. The van der Waals surface area contributed by atoms with Gasteiger partial charge in [0, 0.05) is 14.1 Å². The lowest BCUT2D eigenvalue weighted by Crippen LogP contribution is -2.19. The van der Waals surface area contributed by atoms with Gasteiger partial charge in [-0.15, -0.1) is 11.6 Å². The lowest BCUT2D eigenvalue weighted by atomic mass is 10.0. The Morgan fingerprint density at radius 1 is 1.11 bits per heavy atom. The molecule has 104 valence electrons. The number of alkyl halides is 1. The molecule has 4 heteroatoms. The van der Waals surface area contributed by atoms with E-state index in [0.717, 1.165) is 29.4 Å². The zero-order chi connectivity index (χ0) is 14.2. The molecule has 1 unspecified atom stereocenters. The molecule has 0 N–H and O–H groups in total. The highest BCUT2D eigenvalue weighted by atomic mass is 35.5. The summed E-state index contributed by atoms with van der Waals surface area (Å²) in [5, 5.41) is 0.0158. The number of fused-ring (bicyclic) bond motifs is 1. The fraction of sp³-hybridized carbons (Fsp3) is 0.533. The fourth-order valence-electron chi connectivity index (χ4n) is 2.36. The lowest BCUT2D eigenvalue weighted by Gasteiger charge is -2.12. The number of rotatable bonds is 4. The van der Waals surface area contributed by atoms with E-state index >= 15 is 0 Å². The summed E-state index contributed by atoms with van der Waals surface area (Å²) in [6, 6.07) is 6.05. The maximum atomic E-state index is 11.9. The second-order valence-corrected chi connectivity index (χ2v) is 6.11. The molecule has 1 atom stereocenters. The van der Waals surface area contributed by atoms with Gasteiger partial charge in [-0.2, -0.15) is 0 Å². The van der Waals surface area contributed by atoms with E-state index in [1.54, 1.807) is 23.2 Å². The smallest absolute Gasteiger partial charge is 0.295 e. The van der Waals surface area contributed by atoms with Crippen molar-refractivity contribution >= 4 is 22.6 Å². The molecule has 2 rings (SSSR count). The van der Waals surface area contributed by atoms with Crippen molar-refractivity contribution in [2.24, 2.45) is 20.0 Å². The number of aryl methyl sites for hydroxylation is 2. The van der Waals surface area contributed by atoms with Crippen molar-refractivity contribution < 1.29 is 0 Å². The number of hydrogen-bond donors (Lipinski definition) is 0. The summed E-state index contributed by atoms with van der Waals surface area (Å²) in [4.78, 5) is 11.9. The molecule has 19 heavy (non-hydrogen) atoms. The topological polar surface area (TPSA) is 26.9 Å². The summed E-state index contributed by atoms with van der Waals surface area (Å²) in [7, 11) is 3.59. The number of hydrogen-bond acceptors (Lipinski definition) is 1. The number of imidazole rings is 1. The highest BCUT2D eigenvalue weighted by molar-refractivity contribution is 6.20. The number of nitrogens with zero attached hydrogens (tertiary/aromatic N) is 2. The van der Waals surface area contributed by atoms with Gasteiger partial charge in [0.05, 0.1) is 16.4 Å². The highest BCUT2D eigenvalue weighted by Gasteiger charge is 2.13. The first-order chi connectivity index (χ1) is 8.91. The van der Waals surface area contributed by atoms with Crippen molar-refractivity contribution in [3.63, 3.8) is 0 Å². The summed E-state index contributed by atoms with van der Waals surface area (Å²) >= 11 is 6.46. The molecule has 0 saturated carbocycles. The summed E-state index contributed by atoms with van der Waals surface area (Å²) in [6.07, 6.45) is 2.07. The van der Waals surface area contributed by atoms with E-state index in [2.05, 4.69) is 13.8 Å². The van der Waals surface area contributed by atoms with Crippen LogP contribution in [0.25, 0.3) is 11.0 Å². The molecule has 1 aromatic heterocycles. The minimum Gasteiger partial charge on any atom is -0.295 e. The summed E-state index contributed by atoms with van der Waals surface area (Å²) < 4.78 is 3.33. The fourth-order valence-corrected chi connectivity index (χ4v) is 2.63.